The van der Waals surface area contributed by atoms with Crippen molar-refractivity contribution >= 4 is 51.4 Å². The van der Waals surface area contributed by atoms with E-state index in [2.05, 4.69) is 48.0 Å². The van der Waals surface area contributed by atoms with Crippen LogP contribution in [0.15, 0.2) is 65.6 Å². The van der Waals surface area contributed by atoms with Gasteiger partial charge in [0.25, 0.3) is 15.9 Å². The highest BCUT2D eigenvalue weighted by Gasteiger charge is 2.25. The van der Waals surface area contributed by atoms with E-state index in [0.29, 0.717) is 61.1 Å². The largest absolute Gasteiger partial charge is 0.348 e. The molecule has 4 aromatic rings. The van der Waals surface area contributed by atoms with Crippen molar-refractivity contribution in [2.24, 2.45) is 5.92 Å². The Labute approximate surface area is 312 Å². The highest BCUT2D eigenvalue weighted by molar-refractivity contribution is 7.90. The van der Waals surface area contributed by atoms with Gasteiger partial charge < -0.3 is 14.8 Å². The second kappa shape index (κ2) is 17.1. The molecule has 0 aliphatic carbocycles. The number of rotatable bonds is 14. The van der Waals surface area contributed by atoms with Gasteiger partial charge in [0.2, 0.25) is 11.8 Å². The van der Waals surface area contributed by atoms with Gasteiger partial charge in [-0.25, -0.2) is 18.1 Å². The maximum Gasteiger partial charge on any atom is 0.264 e. The lowest BCUT2D eigenvalue weighted by atomic mass is 10.0. The standard InChI is InChI=1S/C39H50N6O5S2/c1-6-9-36-41-38-27(4)21-31(39(48)40-32(25-51)20-26(2)3)22-34(38)45(36)23-29-12-14-30(15-13-29)33-10-7-8-11-35(33)52(49,50)42-37(47)24-43-16-18-44(19-17-43)28(5)46/h7-8,10-15,21-22,26,32,51H,6,9,16-20,23-25H2,1-5H3,(H,40,48)(H,42,47)/t32-/m1/s1. The van der Waals surface area contributed by atoms with E-state index in [1.165, 1.54) is 13.0 Å². The lowest BCUT2D eigenvalue weighted by Crippen LogP contribution is -2.51. The van der Waals surface area contributed by atoms with Gasteiger partial charge in [-0.15, -0.1) is 0 Å². The number of thiol groups is 1. The Balaban J connectivity index is 1.35. The fourth-order valence-electron chi connectivity index (χ4n) is 6.75. The van der Waals surface area contributed by atoms with Gasteiger partial charge in [-0.3, -0.25) is 19.3 Å². The zero-order valence-corrected chi connectivity index (χ0v) is 32.4. The number of aryl methyl sites for hydroxylation is 2. The summed E-state index contributed by atoms with van der Waals surface area (Å²) >= 11 is 4.46. The minimum absolute atomic E-state index is 0.0122. The molecule has 52 heavy (non-hydrogen) atoms. The van der Waals surface area contributed by atoms with Crippen LogP contribution in [0, 0.1) is 12.8 Å². The van der Waals surface area contributed by atoms with Gasteiger partial charge in [0.1, 0.15) is 5.82 Å². The van der Waals surface area contributed by atoms with Crippen LogP contribution in [0.1, 0.15) is 67.8 Å². The Morgan fingerprint density at radius 2 is 1.67 bits per heavy atom. The molecule has 13 heteroatoms. The number of aromatic nitrogens is 2. The van der Waals surface area contributed by atoms with E-state index in [9.17, 15) is 22.8 Å². The van der Waals surface area contributed by atoms with Crippen molar-refractivity contribution in [2.75, 3.05) is 38.5 Å². The molecular weight excluding hydrogens is 697 g/mol. The van der Waals surface area contributed by atoms with E-state index in [4.69, 9.17) is 4.98 Å². The second-order valence-corrected chi connectivity index (χ2v) is 16.0. The molecule has 0 unspecified atom stereocenters. The first-order valence-corrected chi connectivity index (χ1v) is 20.0. The second-order valence-electron chi connectivity index (χ2n) is 14.0. The molecule has 1 aliphatic rings. The Morgan fingerprint density at radius 1 is 0.981 bits per heavy atom. The average molecular weight is 747 g/mol. The number of nitrogens with zero attached hydrogens (tertiary/aromatic N) is 4. The third kappa shape index (κ3) is 9.42. The summed E-state index contributed by atoms with van der Waals surface area (Å²) in [5.74, 6) is 1.16. The molecule has 0 bridgehead atoms. The Kier molecular flexibility index (Phi) is 12.8. The maximum atomic E-state index is 13.5. The number of sulfonamides is 1. The molecule has 2 N–H and O–H groups in total. The van der Waals surface area contributed by atoms with Gasteiger partial charge >= 0.3 is 0 Å². The summed E-state index contributed by atoms with van der Waals surface area (Å²) in [5, 5.41) is 3.15. The molecule has 1 aliphatic heterocycles. The third-order valence-electron chi connectivity index (χ3n) is 9.39. The van der Waals surface area contributed by atoms with Crippen LogP contribution in [0.2, 0.25) is 0 Å². The summed E-state index contributed by atoms with van der Waals surface area (Å²) in [6.07, 6.45) is 2.53. The molecule has 5 rings (SSSR count). The minimum atomic E-state index is -4.17. The first kappa shape index (κ1) is 39.0. The highest BCUT2D eigenvalue weighted by Crippen LogP contribution is 2.29. The number of benzene rings is 3. The summed E-state index contributed by atoms with van der Waals surface area (Å²) in [7, 11) is -4.17. The number of carbonyl (C=O) groups is 3. The van der Waals surface area contributed by atoms with E-state index >= 15 is 0 Å². The first-order chi connectivity index (χ1) is 24.8. The van der Waals surface area contributed by atoms with Crippen molar-refractivity contribution in [2.45, 2.75) is 71.4 Å². The van der Waals surface area contributed by atoms with Gasteiger partial charge in [0.05, 0.1) is 22.5 Å². The fraction of sp³-hybridized carbons (Fsp3) is 0.436. The van der Waals surface area contributed by atoms with Crippen LogP contribution in [-0.2, 0) is 32.6 Å². The Hall–Kier alpha value is -4.20. The van der Waals surface area contributed by atoms with E-state index in [1.807, 2.05) is 48.2 Å². The quantitative estimate of drug-likeness (QED) is 0.154. The summed E-state index contributed by atoms with van der Waals surface area (Å²) in [4.78, 5) is 46.4. The first-order valence-electron chi connectivity index (χ1n) is 17.9. The lowest BCUT2D eigenvalue weighted by molar-refractivity contribution is -0.130. The minimum Gasteiger partial charge on any atom is -0.348 e. The van der Waals surface area contributed by atoms with Crippen LogP contribution in [0.5, 0.6) is 0 Å². The molecule has 1 atom stereocenters. The number of piperazine rings is 1. The predicted molar refractivity (Wildman–Crippen MR) is 208 cm³/mol. The Morgan fingerprint density at radius 3 is 2.31 bits per heavy atom. The molecule has 0 radical (unpaired) electrons. The SMILES string of the molecule is CCCc1nc2c(C)cc(C(=O)N[C@@H](CS)CC(C)C)cc2n1Cc1ccc(-c2ccccc2S(=O)(=O)NC(=O)CN2CCN(C(C)=O)CC2)cc1. The molecule has 1 aromatic heterocycles. The monoisotopic (exact) mass is 746 g/mol. The molecule has 0 saturated carbocycles. The summed E-state index contributed by atoms with van der Waals surface area (Å²) in [6.45, 7) is 12.3. The molecular formula is C39H50N6O5S2. The van der Waals surface area contributed by atoms with Crippen molar-refractivity contribution in [3.63, 3.8) is 0 Å². The molecule has 278 valence electrons. The number of hydrogen-bond donors (Lipinski definition) is 3. The third-order valence-corrected chi connectivity index (χ3v) is 11.3. The number of nitrogens with one attached hydrogen (secondary N) is 2. The van der Waals surface area contributed by atoms with Gasteiger partial charge in [0.15, 0.2) is 0 Å². The van der Waals surface area contributed by atoms with E-state index < -0.39 is 15.9 Å². The predicted octanol–water partition coefficient (Wildman–Crippen LogP) is 5.06. The molecule has 1 saturated heterocycles. The fourth-order valence-corrected chi connectivity index (χ4v) is 8.20. The normalized spacial score (nSPS) is 14.5. The van der Waals surface area contributed by atoms with Crippen LogP contribution >= 0.6 is 12.6 Å². The van der Waals surface area contributed by atoms with E-state index in [1.54, 1.807) is 23.1 Å². The number of hydrogen-bond acceptors (Lipinski definition) is 8. The van der Waals surface area contributed by atoms with Crippen molar-refractivity contribution in [3.05, 3.63) is 83.2 Å². The van der Waals surface area contributed by atoms with E-state index in [0.717, 1.165) is 47.2 Å². The highest BCUT2D eigenvalue weighted by atomic mass is 32.2. The number of fused-ring (bicyclic) bond motifs is 1. The van der Waals surface area contributed by atoms with Crippen molar-refractivity contribution in [1.82, 2.24) is 29.4 Å². The maximum absolute atomic E-state index is 13.5. The van der Waals surface area contributed by atoms with Gasteiger partial charge in [-0.05, 0) is 60.6 Å². The van der Waals surface area contributed by atoms with Crippen LogP contribution in [0.4, 0.5) is 0 Å². The van der Waals surface area contributed by atoms with Crippen LogP contribution in [0.25, 0.3) is 22.2 Å². The smallest absolute Gasteiger partial charge is 0.264 e. The van der Waals surface area contributed by atoms with Crippen LogP contribution in [0.3, 0.4) is 0 Å². The number of imidazole rings is 1. The molecule has 0 spiro atoms. The van der Waals surface area contributed by atoms with Crippen molar-refractivity contribution in [3.8, 4) is 11.1 Å². The van der Waals surface area contributed by atoms with Crippen molar-refractivity contribution in [1.29, 1.82) is 0 Å². The summed E-state index contributed by atoms with van der Waals surface area (Å²) in [5.41, 5.74) is 5.42. The zero-order chi connectivity index (χ0) is 37.6. The lowest BCUT2D eigenvalue weighted by Gasteiger charge is -2.33. The average Bonchev–Trinajstić information content (AvgIpc) is 3.45. The topological polar surface area (TPSA) is 134 Å². The summed E-state index contributed by atoms with van der Waals surface area (Å²) in [6, 6.07) is 18.1. The van der Waals surface area contributed by atoms with Crippen molar-refractivity contribution < 1.29 is 22.8 Å². The van der Waals surface area contributed by atoms with Gasteiger partial charge in [-0.1, -0.05) is 63.2 Å². The molecule has 3 amide bonds. The summed E-state index contributed by atoms with van der Waals surface area (Å²) < 4.78 is 31.4. The number of amides is 3. The van der Waals surface area contributed by atoms with Crippen LogP contribution < -0.4 is 10.0 Å². The molecule has 2 heterocycles. The van der Waals surface area contributed by atoms with Gasteiger partial charge in [-0.2, -0.15) is 12.6 Å². The molecule has 1 fully saturated rings. The molecule has 11 nitrogen and oxygen atoms in total. The molecule has 3 aromatic carbocycles. The zero-order valence-electron chi connectivity index (χ0n) is 30.7. The van der Waals surface area contributed by atoms with Gasteiger partial charge in [0, 0.05) is 69.0 Å². The Bertz CT molecular complexity index is 2020. The number of carbonyl (C=O) groups excluding carboxylic acids is 3. The van der Waals surface area contributed by atoms with Crippen LogP contribution in [-0.4, -0.2) is 90.0 Å². The van der Waals surface area contributed by atoms with E-state index in [-0.39, 0.29) is 29.3 Å².